The first kappa shape index (κ1) is 27.8. The van der Waals surface area contributed by atoms with Crippen LogP contribution in [0.4, 0.5) is 0 Å². The lowest BCUT2D eigenvalue weighted by Gasteiger charge is -2.27. The van der Waals surface area contributed by atoms with Crippen molar-refractivity contribution in [1.29, 1.82) is 0 Å². The fourth-order valence-corrected chi connectivity index (χ4v) is 7.83. The molecule has 0 spiro atoms. The van der Waals surface area contributed by atoms with Gasteiger partial charge in [-0.15, -0.1) is 0 Å². The molecule has 3 heteroatoms. The molecule has 0 radical (unpaired) electrons. The van der Waals surface area contributed by atoms with Crippen molar-refractivity contribution >= 4 is 43.7 Å². The molecule has 0 saturated carbocycles. The summed E-state index contributed by atoms with van der Waals surface area (Å²) in [6.07, 6.45) is 13.1. The number of fused-ring (bicyclic) bond motifs is 6. The summed E-state index contributed by atoms with van der Waals surface area (Å²) in [6.45, 7) is 18.6. The molecule has 4 aromatic heterocycles. The van der Waals surface area contributed by atoms with Crippen LogP contribution in [0.5, 0.6) is 0 Å². The smallest absolute Gasteiger partial charge is 0.0731 e. The summed E-state index contributed by atoms with van der Waals surface area (Å²) in [5.41, 5.74) is 14.7. The Balaban J connectivity index is 1.62. The van der Waals surface area contributed by atoms with E-state index < -0.39 is 0 Å². The zero-order chi connectivity index (χ0) is 30.2. The van der Waals surface area contributed by atoms with E-state index in [1.807, 2.05) is 0 Å². The van der Waals surface area contributed by atoms with E-state index >= 15 is 0 Å². The quantitative estimate of drug-likeness (QED) is 0.201. The molecular weight excluding hydrogens is 522 g/mol. The van der Waals surface area contributed by atoms with Crippen molar-refractivity contribution in [3.8, 4) is 11.1 Å². The van der Waals surface area contributed by atoms with Crippen molar-refractivity contribution in [2.45, 2.75) is 80.1 Å². The van der Waals surface area contributed by atoms with E-state index in [0.29, 0.717) is 23.7 Å². The lowest BCUT2D eigenvalue weighted by molar-refractivity contribution is 0.693. The molecule has 0 unspecified atom stereocenters. The third kappa shape index (κ3) is 4.08. The first-order valence-electron chi connectivity index (χ1n) is 16.2. The summed E-state index contributed by atoms with van der Waals surface area (Å²) < 4.78 is 2.45. The topological polar surface area (TPSA) is 30.2 Å². The molecule has 0 saturated heterocycles. The number of hydrogen-bond donors (Lipinski definition) is 0. The van der Waals surface area contributed by atoms with E-state index in [4.69, 9.17) is 9.97 Å². The van der Waals surface area contributed by atoms with Gasteiger partial charge in [0.05, 0.1) is 28.9 Å². The molecule has 0 N–H and O–H groups in total. The van der Waals surface area contributed by atoms with Gasteiger partial charge in [-0.1, -0.05) is 103 Å². The highest BCUT2D eigenvalue weighted by molar-refractivity contribution is 6.27. The van der Waals surface area contributed by atoms with Crippen LogP contribution in [0.25, 0.3) is 54.8 Å². The average molecular weight is 566 g/mol. The van der Waals surface area contributed by atoms with Crippen molar-refractivity contribution < 1.29 is 0 Å². The molecule has 43 heavy (non-hydrogen) atoms. The summed E-state index contributed by atoms with van der Waals surface area (Å²) in [5.74, 6) is 1.78. The molecule has 0 aliphatic heterocycles. The number of aromatic nitrogens is 3. The largest absolute Gasteiger partial charge is 0.305 e. The lowest BCUT2D eigenvalue weighted by Crippen LogP contribution is -2.10. The maximum absolute atomic E-state index is 4.93. The highest BCUT2D eigenvalue weighted by Gasteiger charge is 2.28. The molecule has 6 aromatic rings. The van der Waals surface area contributed by atoms with Crippen LogP contribution in [0, 0.1) is 11.8 Å². The Labute approximate surface area is 255 Å². The van der Waals surface area contributed by atoms with E-state index in [1.165, 1.54) is 71.5 Å². The Kier molecular flexibility index (Phi) is 6.69. The highest BCUT2D eigenvalue weighted by atomic mass is 14.9. The Morgan fingerprint density at radius 2 is 1.19 bits per heavy atom. The number of nitrogens with zero attached hydrogens (tertiary/aromatic N) is 3. The van der Waals surface area contributed by atoms with Gasteiger partial charge in [0.15, 0.2) is 0 Å². The van der Waals surface area contributed by atoms with Crippen LogP contribution in [-0.4, -0.2) is 14.4 Å². The Bertz CT molecular complexity index is 2050. The fraction of sp³-hybridized carbons (Fsp3) is 0.350. The maximum atomic E-state index is 4.93. The summed E-state index contributed by atoms with van der Waals surface area (Å²) in [4.78, 5) is 9.84. The molecule has 4 heterocycles. The van der Waals surface area contributed by atoms with Crippen LogP contribution in [0.2, 0.25) is 0 Å². The van der Waals surface area contributed by atoms with Gasteiger partial charge in [0.25, 0.3) is 0 Å². The van der Waals surface area contributed by atoms with Crippen LogP contribution in [0.3, 0.4) is 0 Å². The van der Waals surface area contributed by atoms with Crippen LogP contribution < -0.4 is 0 Å². The maximum Gasteiger partial charge on any atom is 0.0731 e. The van der Waals surface area contributed by atoms with Gasteiger partial charge < -0.3 is 4.40 Å². The molecule has 1 aliphatic carbocycles. The third-order valence-corrected chi connectivity index (χ3v) is 9.75. The van der Waals surface area contributed by atoms with Crippen LogP contribution in [0.15, 0.2) is 78.4 Å². The van der Waals surface area contributed by atoms with Crippen LogP contribution in [0.1, 0.15) is 96.8 Å². The molecule has 0 bridgehead atoms. The fourth-order valence-electron chi connectivity index (χ4n) is 7.83. The predicted octanol–water partition coefficient (Wildman–Crippen LogP) is 11.3. The standard InChI is InChI=1S/C40H43N3/c1-22(2)26-12-9-13-27(23(3)4)36(26)32-18-41-20-34-38(32)30-16-11-17-31-39-33(19-42-21-35(39)43(34)40(30)31)37-28(24(5)6)14-10-15-29(37)25(7)8/h9,11-14,16-25H,10,15H2,1-8H3. The van der Waals surface area contributed by atoms with E-state index in [-0.39, 0.29) is 0 Å². The predicted molar refractivity (Wildman–Crippen MR) is 184 cm³/mol. The number of pyridine rings is 2. The van der Waals surface area contributed by atoms with Gasteiger partial charge in [-0.25, -0.2) is 0 Å². The summed E-state index contributed by atoms with van der Waals surface area (Å²) in [6, 6.07) is 13.7. The summed E-state index contributed by atoms with van der Waals surface area (Å²) in [5, 5.41) is 5.20. The van der Waals surface area contributed by atoms with Crippen LogP contribution >= 0.6 is 0 Å². The molecule has 3 nitrogen and oxygen atoms in total. The van der Waals surface area contributed by atoms with Crippen LogP contribution in [-0.2, 0) is 0 Å². The Morgan fingerprint density at radius 3 is 1.74 bits per heavy atom. The van der Waals surface area contributed by atoms with Gasteiger partial charge >= 0.3 is 0 Å². The molecule has 0 fully saturated rings. The second-order valence-corrected chi connectivity index (χ2v) is 13.7. The van der Waals surface area contributed by atoms with Crippen molar-refractivity contribution in [1.82, 2.24) is 14.4 Å². The van der Waals surface area contributed by atoms with Crippen molar-refractivity contribution in [3.05, 3.63) is 95.1 Å². The summed E-state index contributed by atoms with van der Waals surface area (Å²) >= 11 is 0. The molecule has 218 valence electrons. The van der Waals surface area contributed by atoms with Crippen molar-refractivity contribution in [2.75, 3.05) is 0 Å². The van der Waals surface area contributed by atoms with Crippen molar-refractivity contribution in [3.63, 3.8) is 0 Å². The number of benzene rings is 2. The first-order chi connectivity index (χ1) is 20.7. The second-order valence-electron chi connectivity index (χ2n) is 13.7. The lowest BCUT2D eigenvalue weighted by atomic mass is 9.77. The van der Waals surface area contributed by atoms with Gasteiger partial charge in [0.1, 0.15) is 0 Å². The highest BCUT2D eigenvalue weighted by Crippen LogP contribution is 2.48. The zero-order valence-electron chi connectivity index (χ0n) is 26.9. The van der Waals surface area contributed by atoms with E-state index in [1.54, 1.807) is 5.57 Å². The summed E-state index contributed by atoms with van der Waals surface area (Å²) in [7, 11) is 0. The van der Waals surface area contributed by atoms with Gasteiger partial charge in [-0.2, -0.15) is 0 Å². The number of rotatable bonds is 6. The van der Waals surface area contributed by atoms with Gasteiger partial charge in [0, 0.05) is 45.1 Å². The SMILES string of the molecule is CC(C)C1=CCCC(C(C)C)=C1c1cncc2c1c1cccc3c4c(-c5c(C(C)C)cccc5C(C)C)cncc4n2c13. The van der Waals surface area contributed by atoms with E-state index in [9.17, 15) is 0 Å². The van der Waals surface area contributed by atoms with E-state index in [0.717, 1.165) is 18.4 Å². The minimum absolute atomic E-state index is 0.412. The second kappa shape index (κ2) is 10.3. The molecule has 0 atom stereocenters. The van der Waals surface area contributed by atoms with Gasteiger partial charge in [-0.05, 0) is 64.3 Å². The normalized spacial score (nSPS) is 14.7. The number of para-hydroxylation sites is 1. The minimum atomic E-state index is 0.412. The van der Waals surface area contributed by atoms with Gasteiger partial charge in [0.2, 0.25) is 0 Å². The third-order valence-electron chi connectivity index (χ3n) is 9.75. The molecule has 1 aliphatic rings. The first-order valence-corrected chi connectivity index (χ1v) is 16.2. The Morgan fingerprint density at radius 1 is 0.628 bits per heavy atom. The zero-order valence-corrected chi connectivity index (χ0v) is 26.9. The molecule has 2 aromatic carbocycles. The van der Waals surface area contributed by atoms with Crippen molar-refractivity contribution in [2.24, 2.45) is 11.8 Å². The molecule has 7 rings (SSSR count). The van der Waals surface area contributed by atoms with E-state index in [2.05, 4.69) is 127 Å². The molecular formula is C40H43N3. The molecule has 0 amide bonds. The Hall–Kier alpha value is -3.98. The number of hydrogen-bond acceptors (Lipinski definition) is 2. The average Bonchev–Trinajstić information content (AvgIpc) is 3.52. The van der Waals surface area contributed by atoms with Gasteiger partial charge in [-0.3, -0.25) is 9.97 Å². The number of allylic oxidation sites excluding steroid dienone is 4. The monoisotopic (exact) mass is 565 g/mol. The minimum Gasteiger partial charge on any atom is -0.305 e.